The van der Waals surface area contributed by atoms with Crippen LogP contribution in [0.25, 0.3) is 0 Å². The van der Waals surface area contributed by atoms with Gasteiger partial charge < -0.3 is 61.5 Å². The maximum absolute atomic E-state index is 12.1. The number of imide groups is 2. The highest BCUT2D eigenvalue weighted by Gasteiger charge is 2.40. The average molecular weight is 961 g/mol. The largest absolute Gasteiger partial charge is 0.482 e. The summed E-state index contributed by atoms with van der Waals surface area (Å²) < 4.78 is 20.0. The highest BCUT2D eigenvalue weighted by atomic mass is 16.6. The Labute approximate surface area is 391 Å². The topological polar surface area (TPSA) is 419 Å². The third-order valence-corrected chi connectivity index (χ3v) is 8.20. The number of amidine groups is 2. The van der Waals surface area contributed by atoms with Gasteiger partial charge in [0.2, 0.25) is 0 Å². The number of rotatable bonds is 19. The van der Waals surface area contributed by atoms with Crippen molar-refractivity contribution in [2.45, 2.75) is 32.3 Å². The van der Waals surface area contributed by atoms with Crippen molar-refractivity contribution in [1.82, 2.24) is 10.6 Å². The molecule has 0 aliphatic rings. The van der Waals surface area contributed by atoms with E-state index in [9.17, 15) is 43.2 Å². The van der Waals surface area contributed by atoms with Gasteiger partial charge in [-0.15, -0.1) is 0 Å². The van der Waals surface area contributed by atoms with E-state index in [4.69, 9.17) is 61.7 Å². The number of nitrogen functional groups attached to an aromatic ring is 2. The Kier molecular flexibility index (Phi) is 22.5. The Bertz CT molecular complexity index is 2320. The van der Waals surface area contributed by atoms with Crippen LogP contribution in [0.1, 0.15) is 58.5 Å². The summed E-state index contributed by atoms with van der Waals surface area (Å²) >= 11 is 0. The Morgan fingerprint density at radius 2 is 0.826 bits per heavy atom. The number of aliphatic hydroxyl groups is 1. The van der Waals surface area contributed by atoms with E-state index in [2.05, 4.69) is 21.3 Å². The number of esters is 2. The maximum atomic E-state index is 12.1. The van der Waals surface area contributed by atoms with Gasteiger partial charge in [0.1, 0.15) is 23.2 Å². The minimum atomic E-state index is -2.74. The molecule has 0 fully saturated rings. The predicted octanol–water partition coefficient (Wildman–Crippen LogP) is 2.50. The number of urea groups is 2. The van der Waals surface area contributed by atoms with E-state index in [1.54, 1.807) is 62.4 Å². The van der Waals surface area contributed by atoms with Crippen molar-refractivity contribution in [1.29, 1.82) is 10.8 Å². The molecule has 4 aromatic carbocycles. The zero-order valence-electron chi connectivity index (χ0n) is 36.7. The smallest absolute Gasteiger partial charge is 0.344 e. The van der Waals surface area contributed by atoms with Crippen LogP contribution in [0, 0.1) is 10.8 Å². The van der Waals surface area contributed by atoms with Crippen LogP contribution in [-0.4, -0.2) is 118 Å². The number of ether oxygens (including phenoxy) is 4. The zero-order valence-corrected chi connectivity index (χ0v) is 36.7. The molecule has 69 heavy (non-hydrogen) atoms. The third-order valence-electron chi connectivity index (χ3n) is 8.20. The van der Waals surface area contributed by atoms with E-state index < -0.39 is 72.2 Å². The summed E-state index contributed by atoms with van der Waals surface area (Å²) in [7, 11) is 0. The summed E-state index contributed by atoms with van der Waals surface area (Å²) in [4.78, 5) is 101. The maximum Gasteiger partial charge on any atom is 0.344 e. The van der Waals surface area contributed by atoms with Gasteiger partial charge in [-0.25, -0.2) is 24.0 Å². The number of anilines is 2. The van der Waals surface area contributed by atoms with Crippen molar-refractivity contribution in [3.63, 3.8) is 0 Å². The van der Waals surface area contributed by atoms with E-state index >= 15 is 0 Å². The van der Waals surface area contributed by atoms with Crippen molar-refractivity contribution >= 4 is 76.8 Å². The Morgan fingerprint density at radius 1 is 0.522 bits per heavy atom. The number of aliphatic carboxylic acids is 3. The van der Waals surface area contributed by atoms with Gasteiger partial charge in [-0.3, -0.25) is 40.6 Å². The number of carbonyl (C=O) groups excluding carboxylic acids is 6. The summed E-state index contributed by atoms with van der Waals surface area (Å²) in [5.41, 5.74) is 10.3. The highest BCUT2D eigenvalue weighted by molar-refractivity contribution is 6.09. The SMILES string of the molecule is CCOC(=O)COc1ccc(NC(=O)NC(=O)c2ccc(C(=N)N)cc2)cc1.CCOC(=O)COc1ccc(NC(=O)NC(=O)c2ccc(C(=N)N)cc2)cc1.O=C(O)CC(O)(CC(=O)O)C(=O)O. The first-order chi connectivity index (χ1) is 32.5. The predicted molar refractivity (Wildman–Crippen MR) is 242 cm³/mol. The van der Waals surface area contributed by atoms with Gasteiger partial charge in [-0.2, -0.15) is 0 Å². The number of hydrogen-bond acceptors (Lipinski definition) is 16. The molecule has 25 heteroatoms. The van der Waals surface area contributed by atoms with E-state index in [1.165, 1.54) is 48.5 Å². The number of benzene rings is 4. The summed E-state index contributed by atoms with van der Waals surface area (Å²) in [5, 5.41) is 57.9. The van der Waals surface area contributed by atoms with Gasteiger partial charge in [0.25, 0.3) is 11.8 Å². The van der Waals surface area contributed by atoms with Crippen LogP contribution in [0.3, 0.4) is 0 Å². The molecule has 25 nitrogen and oxygen atoms in total. The van der Waals surface area contributed by atoms with Gasteiger partial charge in [0.05, 0.1) is 26.1 Å². The first kappa shape index (κ1) is 55.7. The van der Waals surface area contributed by atoms with Gasteiger partial charge in [0.15, 0.2) is 18.8 Å². The molecule has 0 atom stereocenters. The molecule has 0 unspecified atom stereocenters. The second-order valence-electron chi connectivity index (χ2n) is 13.5. The molecular weight excluding hydrogens is 913 g/mol. The number of nitrogens with two attached hydrogens (primary N) is 2. The summed E-state index contributed by atoms with van der Waals surface area (Å²) in [6.07, 6.45) is -2.29. The summed E-state index contributed by atoms with van der Waals surface area (Å²) in [5.74, 6) is -6.52. The van der Waals surface area contributed by atoms with Crippen LogP contribution >= 0.6 is 0 Å². The monoisotopic (exact) mass is 960 g/mol. The standard InChI is InChI=1S/2C19H20N4O5.C6H8O7/c2*1-2-27-16(24)11-28-15-9-7-14(8-10-15)22-19(26)23-18(25)13-5-3-12(4-6-13)17(20)21;7-3(8)1-6(13,5(11)12)2-4(9)10/h2*3-10H,2,11H2,1H3,(H3,20,21)(H2,22,23,25,26);13H,1-2H2,(H,7,8)(H,9,10)(H,11,12). The second-order valence-corrected chi connectivity index (χ2v) is 13.5. The minimum Gasteiger partial charge on any atom is -0.482 e. The molecule has 14 N–H and O–H groups in total. The minimum absolute atomic E-state index is 0.112. The average Bonchev–Trinajstić information content (AvgIpc) is 3.28. The Morgan fingerprint density at radius 3 is 1.09 bits per heavy atom. The van der Waals surface area contributed by atoms with Crippen molar-refractivity contribution in [2.75, 3.05) is 37.1 Å². The number of nitrogens with one attached hydrogen (secondary N) is 6. The molecule has 366 valence electrons. The van der Waals surface area contributed by atoms with Crippen LogP contribution in [0.4, 0.5) is 21.0 Å². The lowest BCUT2D eigenvalue weighted by Gasteiger charge is -2.18. The Balaban J connectivity index is 0.000000380. The number of carbonyl (C=O) groups is 9. The van der Waals surface area contributed by atoms with E-state index in [0.29, 0.717) is 34.0 Å². The molecule has 0 heterocycles. The van der Waals surface area contributed by atoms with Crippen LogP contribution in [0.5, 0.6) is 11.5 Å². The van der Waals surface area contributed by atoms with Crippen molar-refractivity contribution in [3.05, 3.63) is 119 Å². The number of carboxylic acid groups (broad SMARTS) is 3. The quantitative estimate of drug-likeness (QED) is 0.0365. The van der Waals surface area contributed by atoms with Gasteiger partial charge in [0, 0.05) is 33.6 Å². The normalized spacial score (nSPS) is 10.1. The molecule has 0 radical (unpaired) electrons. The lowest BCUT2D eigenvalue weighted by atomic mass is 9.96. The summed E-state index contributed by atoms with van der Waals surface area (Å²) in [6, 6.07) is 23.0. The van der Waals surface area contributed by atoms with Crippen LogP contribution in [0.2, 0.25) is 0 Å². The number of hydrogen-bond donors (Lipinski definition) is 12. The van der Waals surface area contributed by atoms with Gasteiger partial charge >= 0.3 is 41.9 Å². The molecule has 0 saturated carbocycles. The molecule has 0 bridgehead atoms. The fourth-order valence-corrected chi connectivity index (χ4v) is 4.95. The summed E-state index contributed by atoms with van der Waals surface area (Å²) in [6.45, 7) is 3.54. The second kappa shape index (κ2) is 27.8. The molecule has 4 aromatic rings. The molecule has 0 aliphatic heterocycles. The first-order valence-corrected chi connectivity index (χ1v) is 19.9. The molecule has 6 amide bonds. The lowest BCUT2D eigenvalue weighted by Crippen LogP contribution is -2.42. The van der Waals surface area contributed by atoms with E-state index in [1.807, 2.05) is 0 Å². The molecular formula is C44H48N8O17. The molecule has 0 saturated heterocycles. The van der Waals surface area contributed by atoms with Crippen LogP contribution in [-0.2, 0) is 33.4 Å². The first-order valence-electron chi connectivity index (χ1n) is 19.9. The molecule has 0 aliphatic carbocycles. The fraction of sp³-hybridized carbons (Fsp3) is 0.205. The zero-order chi connectivity index (χ0) is 51.7. The van der Waals surface area contributed by atoms with Gasteiger partial charge in [-0.1, -0.05) is 24.3 Å². The van der Waals surface area contributed by atoms with E-state index in [0.717, 1.165) is 0 Å². The fourth-order valence-electron chi connectivity index (χ4n) is 4.95. The van der Waals surface area contributed by atoms with Gasteiger partial charge in [-0.05, 0) is 86.6 Å². The van der Waals surface area contributed by atoms with Crippen LogP contribution < -0.4 is 42.2 Å². The van der Waals surface area contributed by atoms with Crippen molar-refractivity contribution < 1.29 is 82.5 Å². The number of carboxylic acids is 3. The highest BCUT2D eigenvalue weighted by Crippen LogP contribution is 2.18. The van der Waals surface area contributed by atoms with E-state index in [-0.39, 0.29) is 49.2 Å². The molecule has 0 aromatic heterocycles. The molecule has 4 rings (SSSR count). The van der Waals surface area contributed by atoms with Crippen LogP contribution in [0.15, 0.2) is 97.1 Å². The lowest BCUT2D eigenvalue weighted by molar-refractivity contribution is -0.170. The van der Waals surface area contributed by atoms with Crippen molar-refractivity contribution in [3.8, 4) is 11.5 Å². The number of amides is 6. The van der Waals surface area contributed by atoms with Crippen molar-refractivity contribution in [2.24, 2.45) is 11.5 Å². The third kappa shape index (κ3) is 21.0. The Hall–Kier alpha value is -9.39. The molecule has 0 spiro atoms.